The van der Waals surface area contributed by atoms with E-state index in [9.17, 15) is 4.79 Å². The summed E-state index contributed by atoms with van der Waals surface area (Å²) < 4.78 is 1.57. The van der Waals surface area contributed by atoms with E-state index in [-0.39, 0.29) is 11.9 Å². The van der Waals surface area contributed by atoms with Gasteiger partial charge in [0.1, 0.15) is 0 Å². The quantitative estimate of drug-likeness (QED) is 0.843. The highest BCUT2D eigenvalue weighted by Crippen LogP contribution is 2.25. The summed E-state index contributed by atoms with van der Waals surface area (Å²) in [6, 6.07) is 4.00. The average molecular weight is 293 g/mol. The van der Waals surface area contributed by atoms with Gasteiger partial charge in [-0.1, -0.05) is 25.1 Å². The second-order valence-electron chi connectivity index (χ2n) is 4.87. The van der Waals surface area contributed by atoms with Crippen molar-refractivity contribution >= 4 is 17.2 Å². The molecule has 2 aromatic rings. The fourth-order valence-electron chi connectivity index (χ4n) is 1.89. The first-order valence-corrected chi connectivity index (χ1v) is 7.44. The lowest BCUT2D eigenvalue weighted by Crippen LogP contribution is -2.31. The molecule has 1 unspecified atom stereocenters. The third-order valence-electron chi connectivity index (χ3n) is 2.93. The number of hydrogen-bond donors (Lipinski definition) is 2. The molecule has 0 saturated heterocycles. The van der Waals surface area contributed by atoms with E-state index < -0.39 is 0 Å². The fourth-order valence-corrected chi connectivity index (χ4v) is 2.84. The number of carbonyl (C=O) groups is 1. The van der Waals surface area contributed by atoms with E-state index in [0.29, 0.717) is 24.7 Å². The number of amides is 1. The first-order chi connectivity index (χ1) is 9.61. The Morgan fingerprint density at radius 1 is 1.55 bits per heavy atom. The van der Waals surface area contributed by atoms with E-state index in [1.165, 1.54) is 0 Å². The number of thiophene rings is 1. The maximum absolute atomic E-state index is 12.2. The number of nitrogens with zero attached hydrogens (tertiary/aromatic N) is 3. The standard InChI is InChI=1S/C13H19N5OS/c1-9(2)12(11-4-3-7-20-11)15-13(19)10-8-18(6-5-14)17-16-10/h3-4,7-9,12H,5-6,14H2,1-2H3,(H,15,19). The van der Waals surface area contributed by atoms with Crippen molar-refractivity contribution in [1.82, 2.24) is 20.3 Å². The van der Waals surface area contributed by atoms with Crippen LogP contribution >= 0.6 is 11.3 Å². The molecule has 0 aliphatic heterocycles. The van der Waals surface area contributed by atoms with Crippen LogP contribution in [0.5, 0.6) is 0 Å². The fraction of sp³-hybridized carbons (Fsp3) is 0.462. The topological polar surface area (TPSA) is 85.8 Å². The molecule has 7 heteroatoms. The predicted molar refractivity (Wildman–Crippen MR) is 78.4 cm³/mol. The number of nitrogens with two attached hydrogens (primary N) is 1. The van der Waals surface area contributed by atoms with Crippen LogP contribution in [0.2, 0.25) is 0 Å². The first kappa shape index (κ1) is 14.7. The molecule has 1 atom stereocenters. The molecule has 2 aromatic heterocycles. The van der Waals surface area contributed by atoms with Gasteiger partial charge in [-0.3, -0.25) is 9.48 Å². The van der Waals surface area contributed by atoms with Crippen LogP contribution in [0.3, 0.4) is 0 Å². The van der Waals surface area contributed by atoms with E-state index >= 15 is 0 Å². The van der Waals surface area contributed by atoms with Gasteiger partial charge in [-0.2, -0.15) is 0 Å². The second-order valence-corrected chi connectivity index (χ2v) is 5.85. The molecule has 0 aliphatic carbocycles. The molecule has 108 valence electrons. The van der Waals surface area contributed by atoms with Crippen molar-refractivity contribution in [3.05, 3.63) is 34.3 Å². The lowest BCUT2D eigenvalue weighted by molar-refractivity contribution is 0.0921. The minimum atomic E-state index is -0.208. The molecule has 3 N–H and O–H groups in total. The highest BCUT2D eigenvalue weighted by Gasteiger charge is 2.21. The van der Waals surface area contributed by atoms with Gasteiger partial charge in [-0.25, -0.2) is 0 Å². The molecule has 6 nitrogen and oxygen atoms in total. The van der Waals surface area contributed by atoms with Gasteiger partial charge in [0, 0.05) is 11.4 Å². The van der Waals surface area contributed by atoms with E-state index in [4.69, 9.17) is 5.73 Å². The molecular formula is C13H19N5OS. The zero-order valence-corrected chi connectivity index (χ0v) is 12.4. The summed E-state index contributed by atoms with van der Waals surface area (Å²) >= 11 is 1.64. The van der Waals surface area contributed by atoms with Gasteiger partial charge in [-0.05, 0) is 17.4 Å². The van der Waals surface area contributed by atoms with Gasteiger partial charge in [0.05, 0.1) is 18.8 Å². The smallest absolute Gasteiger partial charge is 0.273 e. The molecule has 0 fully saturated rings. The summed E-state index contributed by atoms with van der Waals surface area (Å²) in [6.45, 7) is 5.18. The molecule has 0 aliphatic rings. The third kappa shape index (κ3) is 3.43. The summed E-state index contributed by atoms with van der Waals surface area (Å²) in [5, 5.41) is 12.8. The van der Waals surface area contributed by atoms with E-state index in [1.54, 1.807) is 22.2 Å². The Labute approximate surface area is 122 Å². The zero-order valence-electron chi connectivity index (χ0n) is 11.6. The maximum atomic E-state index is 12.2. The highest BCUT2D eigenvalue weighted by molar-refractivity contribution is 7.10. The van der Waals surface area contributed by atoms with Crippen molar-refractivity contribution in [2.45, 2.75) is 26.4 Å². The molecular weight excluding hydrogens is 274 g/mol. The molecule has 20 heavy (non-hydrogen) atoms. The molecule has 0 spiro atoms. The average Bonchev–Trinajstić information content (AvgIpc) is 3.06. The van der Waals surface area contributed by atoms with Crippen LogP contribution in [0.1, 0.15) is 35.3 Å². The maximum Gasteiger partial charge on any atom is 0.273 e. The molecule has 0 aromatic carbocycles. The third-order valence-corrected chi connectivity index (χ3v) is 3.89. The van der Waals surface area contributed by atoms with Gasteiger partial charge >= 0.3 is 0 Å². The Kier molecular flexibility index (Phi) is 4.86. The monoisotopic (exact) mass is 293 g/mol. The van der Waals surface area contributed by atoms with Crippen LogP contribution in [0.15, 0.2) is 23.7 Å². The van der Waals surface area contributed by atoms with Gasteiger partial charge in [0.15, 0.2) is 5.69 Å². The predicted octanol–water partition coefficient (Wildman–Crippen LogP) is 1.43. The Hall–Kier alpha value is -1.73. The molecule has 0 radical (unpaired) electrons. The van der Waals surface area contributed by atoms with E-state index in [2.05, 4.69) is 29.5 Å². The van der Waals surface area contributed by atoms with Crippen LogP contribution in [-0.4, -0.2) is 27.4 Å². The Bertz CT molecular complexity index is 549. The SMILES string of the molecule is CC(C)C(NC(=O)c1cn(CCN)nn1)c1cccs1. The summed E-state index contributed by atoms with van der Waals surface area (Å²) in [5.41, 5.74) is 5.76. The van der Waals surface area contributed by atoms with Crippen molar-refractivity contribution < 1.29 is 4.79 Å². The summed E-state index contributed by atoms with van der Waals surface area (Å²) in [5.74, 6) is 0.0945. The largest absolute Gasteiger partial charge is 0.343 e. The molecule has 0 bridgehead atoms. The first-order valence-electron chi connectivity index (χ1n) is 6.56. The summed E-state index contributed by atoms with van der Waals surface area (Å²) in [4.78, 5) is 13.4. The van der Waals surface area contributed by atoms with Crippen LogP contribution < -0.4 is 11.1 Å². The minimum absolute atomic E-state index is 0.0119. The Morgan fingerprint density at radius 3 is 2.95 bits per heavy atom. The molecule has 2 rings (SSSR count). The number of nitrogens with one attached hydrogen (secondary N) is 1. The van der Waals surface area contributed by atoms with Crippen LogP contribution in [0.25, 0.3) is 0 Å². The van der Waals surface area contributed by atoms with Crippen LogP contribution in [-0.2, 0) is 6.54 Å². The van der Waals surface area contributed by atoms with Crippen molar-refractivity contribution in [2.24, 2.45) is 11.7 Å². The molecule has 1 amide bonds. The zero-order chi connectivity index (χ0) is 14.5. The van der Waals surface area contributed by atoms with E-state index in [1.807, 2.05) is 17.5 Å². The Balaban J connectivity index is 2.08. The van der Waals surface area contributed by atoms with Crippen molar-refractivity contribution in [3.63, 3.8) is 0 Å². The van der Waals surface area contributed by atoms with Crippen LogP contribution in [0.4, 0.5) is 0 Å². The minimum Gasteiger partial charge on any atom is -0.343 e. The van der Waals surface area contributed by atoms with Gasteiger partial charge in [0.25, 0.3) is 5.91 Å². The highest BCUT2D eigenvalue weighted by atomic mass is 32.1. The lowest BCUT2D eigenvalue weighted by Gasteiger charge is -2.20. The van der Waals surface area contributed by atoms with Gasteiger partial charge < -0.3 is 11.1 Å². The molecule has 0 saturated carbocycles. The summed E-state index contributed by atoms with van der Waals surface area (Å²) in [6.07, 6.45) is 1.62. The number of hydrogen-bond acceptors (Lipinski definition) is 5. The molecule has 2 heterocycles. The summed E-state index contributed by atoms with van der Waals surface area (Å²) in [7, 11) is 0. The van der Waals surface area contributed by atoms with Crippen LogP contribution in [0, 0.1) is 5.92 Å². The second kappa shape index (κ2) is 6.62. The lowest BCUT2D eigenvalue weighted by atomic mass is 10.0. The van der Waals surface area contributed by atoms with Crippen molar-refractivity contribution in [2.75, 3.05) is 6.54 Å². The number of rotatable bonds is 6. The van der Waals surface area contributed by atoms with Crippen molar-refractivity contribution in [3.8, 4) is 0 Å². The van der Waals surface area contributed by atoms with Crippen molar-refractivity contribution in [1.29, 1.82) is 0 Å². The number of aromatic nitrogens is 3. The number of carbonyl (C=O) groups excluding carboxylic acids is 1. The van der Waals surface area contributed by atoms with Gasteiger partial charge in [-0.15, -0.1) is 16.4 Å². The normalized spacial score (nSPS) is 12.6. The van der Waals surface area contributed by atoms with Gasteiger partial charge in [0.2, 0.25) is 0 Å². The van der Waals surface area contributed by atoms with E-state index in [0.717, 1.165) is 4.88 Å². The Morgan fingerprint density at radius 2 is 2.35 bits per heavy atom.